The van der Waals surface area contributed by atoms with E-state index >= 15 is 0 Å². The van der Waals surface area contributed by atoms with Crippen LogP contribution < -0.4 is 20.7 Å². The van der Waals surface area contributed by atoms with Crippen molar-refractivity contribution in [3.05, 3.63) is 18.2 Å². The summed E-state index contributed by atoms with van der Waals surface area (Å²) in [5.74, 6) is 0.555. The minimum Gasteiger partial charge on any atom is -0.491 e. The highest BCUT2D eigenvalue weighted by Gasteiger charge is 2.28. The molecule has 1 unspecified atom stereocenters. The Hall–Kier alpha value is -2.08. The van der Waals surface area contributed by atoms with E-state index in [1.165, 1.54) is 0 Å². The number of anilines is 2. The van der Waals surface area contributed by atoms with Crippen molar-refractivity contribution in [3.63, 3.8) is 0 Å². The third-order valence-electron chi connectivity index (χ3n) is 3.29. The molecule has 2 aliphatic rings. The number of nitrogens with zero attached hydrogens (tertiary/aromatic N) is 1. The number of amides is 2. The fourth-order valence-corrected chi connectivity index (χ4v) is 2.36. The van der Waals surface area contributed by atoms with E-state index in [4.69, 9.17) is 10.5 Å². The molecule has 6 nitrogen and oxygen atoms in total. The molecule has 0 aromatic heterocycles. The van der Waals surface area contributed by atoms with Gasteiger partial charge >= 0.3 is 0 Å². The molecule has 0 spiro atoms. The molecule has 0 bridgehead atoms. The summed E-state index contributed by atoms with van der Waals surface area (Å²) in [5.41, 5.74) is 7.12. The van der Waals surface area contributed by atoms with E-state index in [0.717, 1.165) is 5.69 Å². The lowest BCUT2D eigenvalue weighted by Crippen LogP contribution is -2.28. The molecule has 3 rings (SSSR count). The summed E-state index contributed by atoms with van der Waals surface area (Å²) in [7, 11) is 0. The quantitative estimate of drug-likeness (QED) is 0.769. The second-order valence-corrected chi connectivity index (χ2v) is 4.80. The van der Waals surface area contributed by atoms with Gasteiger partial charge in [-0.1, -0.05) is 0 Å². The van der Waals surface area contributed by atoms with E-state index in [9.17, 15) is 9.59 Å². The standard InChI is InChI=1S/C13H15N3O3/c14-8-5-13(18)16(7-8)9-1-2-11-10(6-9)15-12(17)3-4-19-11/h1-2,6,8H,3-5,7,14H2,(H,15,17). The van der Waals surface area contributed by atoms with Crippen LogP contribution in [0.2, 0.25) is 0 Å². The second kappa shape index (κ2) is 4.55. The van der Waals surface area contributed by atoms with Crippen molar-refractivity contribution < 1.29 is 14.3 Å². The molecule has 2 heterocycles. The third kappa shape index (κ3) is 2.26. The minimum atomic E-state index is -0.128. The fourth-order valence-electron chi connectivity index (χ4n) is 2.36. The maximum atomic E-state index is 11.8. The summed E-state index contributed by atoms with van der Waals surface area (Å²) in [5, 5.41) is 2.78. The van der Waals surface area contributed by atoms with Gasteiger partial charge in [0.25, 0.3) is 0 Å². The number of fused-ring (bicyclic) bond motifs is 1. The molecular formula is C13H15N3O3. The van der Waals surface area contributed by atoms with Crippen LogP contribution in [0.4, 0.5) is 11.4 Å². The zero-order valence-electron chi connectivity index (χ0n) is 10.4. The van der Waals surface area contributed by atoms with E-state index in [2.05, 4.69) is 5.32 Å². The zero-order valence-corrected chi connectivity index (χ0v) is 10.4. The Bertz CT molecular complexity index is 544. The number of carbonyl (C=O) groups excluding carboxylic acids is 2. The van der Waals surface area contributed by atoms with Crippen LogP contribution in [-0.2, 0) is 9.59 Å². The molecule has 1 aromatic carbocycles. The summed E-state index contributed by atoms with van der Waals surface area (Å²) in [4.78, 5) is 25.0. The highest BCUT2D eigenvalue weighted by molar-refractivity contribution is 5.98. The maximum Gasteiger partial charge on any atom is 0.228 e. The molecule has 6 heteroatoms. The van der Waals surface area contributed by atoms with Gasteiger partial charge in [-0.3, -0.25) is 9.59 Å². The Labute approximate surface area is 110 Å². The molecule has 0 saturated carbocycles. The van der Waals surface area contributed by atoms with Crippen molar-refractivity contribution >= 4 is 23.2 Å². The summed E-state index contributed by atoms with van der Waals surface area (Å²) < 4.78 is 5.47. The molecule has 2 amide bonds. The number of rotatable bonds is 1. The average Bonchev–Trinajstić information content (AvgIpc) is 2.59. The second-order valence-electron chi connectivity index (χ2n) is 4.80. The summed E-state index contributed by atoms with van der Waals surface area (Å²) in [6.45, 7) is 0.873. The summed E-state index contributed by atoms with van der Waals surface area (Å²) in [6, 6.07) is 5.21. The Morgan fingerprint density at radius 1 is 1.37 bits per heavy atom. The van der Waals surface area contributed by atoms with E-state index in [0.29, 0.717) is 37.4 Å². The fraction of sp³-hybridized carbons (Fsp3) is 0.385. The van der Waals surface area contributed by atoms with Gasteiger partial charge in [0.05, 0.1) is 18.7 Å². The number of nitrogens with one attached hydrogen (secondary N) is 1. The van der Waals surface area contributed by atoms with Gasteiger partial charge in [0.1, 0.15) is 5.75 Å². The number of hydrogen-bond donors (Lipinski definition) is 2. The van der Waals surface area contributed by atoms with Crippen molar-refractivity contribution in [2.24, 2.45) is 5.73 Å². The largest absolute Gasteiger partial charge is 0.491 e. The van der Waals surface area contributed by atoms with E-state index in [1.807, 2.05) is 6.07 Å². The topological polar surface area (TPSA) is 84.7 Å². The first-order chi connectivity index (χ1) is 9.13. The van der Waals surface area contributed by atoms with Crippen LogP contribution in [0.15, 0.2) is 18.2 Å². The molecule has 3 N–H and O–H groups in total. The van der Waals surface area contributed by atoms with Crippen LogP contribution >= 0.6 is 0 Å². The maximum absolute atomic E-state index is 11.8. The monoisotopic (exact) mass is 261 g/mol. The molecule has 0 radical (unpaired) electrons. The van der Waals surface area contributed by atoms with Crippen molar-refractivity contribution in [1.82, 2.24) is 0 Å². The molecule has 19 heavy (non-hydrogen) atoms. The first-order valence-electron chi connectivity index (χ1n) is 6.26. The zero-order chi connectivity index (χ0) is 13.4. The van der Waals surface area contributed by atoms with E-state index in [-0.39, 0.29) is 17.9 Å². The number of benzene rings is 1. The Morgan fingerprint density at radius 2 is 2.21 bits per heavy atom. The van der Waals surface area contributed by atoms with Gasteiger partial charge < -0.3 is 20.7 Å². The molecule has 100 valence electrons. The lowest BCUT2D eigenvalue weighted by atomic mass is 10.2. The van der Waals surface area contributed by atoms with Gasteiger partial charge in [0.15, 0.2) is 0 Å². The van der Waals surface area contributed by atoms with Gasteiger partial charge in [-0.2, -0.15) is 0 Å². The van der Waals surface area contributed by atoms with Crippen LogP contribution in [0.3, 0.4) is 0 Å². The normalized spacial score (nSPS) is 22.6. The van der Waals surface area contributed by atoms with Crippen molar-refractivity contribution in [2.75, 3.05) is 23.4 Å². The lowest BCUT2D eigenvalue weighted by Gasteiger charge is -2.18. The van der Waals surface area contributed by atoms with Gasteiger partial charge in [0, 0.05) is 24.7 Å². The molecule has 1 fully saturated rings. The van der Waals surface area contributed by atoms with E-state index < -0.39 is 0 Å². The third-order valence-corrected chi connectivity index (χ3v) is 3.29. The molecule has 1 aromatic rings. The highest BCUT2D eigenvalue weighted by Crippen LogP contribution is 2.32. The first kappa shape index (κ1) is 12.0. The van der Waals surface area contributed by atoms with Gasteiger partial charge in [-0.15, -0.1) is 0 Å². The van der Waals surface area contributed by atoms with Crippen molar-refractivity contribution in [1.29, 1.82) is 0 Å². The SMILES string of the molecule is NC1CC(=O)N(c2ccc3c(c2)NC(=O)CCO3)C1. The van der Waals surface area contributed by atoms with Crippen molar-refractivity contribution in [2.45, 2.75) is 18.9 Å². The molecule has 1 saturated heterocycles. The average molecular weight is 261 g/mol. The van der Waals surface area contributed by atoms with Gasteiger partial charge in [0.2, 0.25) is 11.8 Å². The van der Waals surface area contributed by atoms with Crippen LogP contribution in [0, 0.1) is 0 Å². The lowest BCUT2D eigenvalue weighted by molar-refractivity contribution is -0.117. The molecule has 0 aliphatic carbocycles. The van der Waals surface area contributed by atoms with Crippen LogP contribution in [0.25, 0.3) is 0 Å². The first-order valence-corrected chi connectivity index (χ1v) is 6.26. The Balaban J connectivity index is 1.92. The van der Waals surface area contributed by atoms with Crippen LogP contribution in [0.1, 0.15) is 12.8 Å². The van der Waals surface area contributed by atoms with Crippen molar-refractivity contribution in [3.8, 4) is 5.75 Å². The molecule has 2 aliphatic heterocycles. The predicted molar refractivity (Wildman–Crippen MR) is 70.1 cm³/mol. The van der Waals surface area contributed by atoms with Crippen LogP contribution in [-0.4, -0.2) is 31.0 Å². The summed E-state index contributed by atoms with van der Waals surface area (Å²) >= 11 is 0. The summed E-state index contributed by atoms with van der Waals surface area (Å²) in [6.07, 6.45) is 0.692. The highest BCUT2D eigenvalue weighted by atomic mass is 16.5. The van der Waals surface area contributed by atoms with Gasteiger partial charge in [-0.05, 0) is 18.2 Å². The Kier molecular flexibility index (Phi) is 2.87. The smallest absolute Gasteiger partial charge is 0.228 e. The molecular weight excluding hydrogens is 246 g/mol. The number of hydrogen-bond acceptors (Lipinski definition) is 4. The number of ether oxygens (including phenoxy) is 1. The van der Waals surface area contributed by atoms with Gasteiger partial charge in [-0.25, -0.2) is 0 Å². The number of nitrogens with two attached hydrogens (primary N) is 1. The van der Waals surface area contributed by atoms with Crippen LogP contribution in [0.5, 0.6) is 5.75 Å². The predicted octanol–water partition coefficient (Wildman–Crippen LogP) is 0.472. The number of carbonyl (C=O) groups is 2. The molecule has 1 atom stereocenters. The minimum absolute atomic E-state index is 0.00770. The van der Waals surface area contributed by atoms with E-state index in [1.54, 1.807) is 17.0 Å². The Morgan fingerprint density at radius 3 is 2.95 bits per heavy atom.